The van der Waals surface area contributed by atoms with Crippen LogP contribution < -0.4 is 16.4 Å². The van der Waals surface area contributed by atoms with E-state index < -0.39 is 67.4 Å². The molecular formula is C12H21N3O8. The molecule has 1 rings (SSSR count). The summed E-state index contributed by atoms with van der Waals surface area (Å²) in [5.74, 6) is -2.71. The Morgan fingerprint density at radius 1 is 1.22 bits per heavy atom. The van der Waals surface area contributed by atoms with Gasteiger partial charge in [0.05, 0.1) is 13.0 Å². The Kier molecular flexibility index (Phi) is 6.84. The zero-order valence-corrected chi connectivity index (χ0v) is 12.4. The Balaban J connectivity index is 2.82. The third-order valence-electron chi connectivity index (χ3n) is 3.32. The van der Waals surface area contributed by atoms with Crippen molar-refractivity contribution >= 4 is 17.8 Å². The number of nitrogens with one attached hydrogen (secondary N) is 2. The summed E-state index contributed by atoms with van der Waals surface area (Å²) in [7, 11) is 0. The fourth-order valence-electron chi connectivity index (χ4n) is 2.14. The number of ether oxygens (including phenoxy) is 1. The Bertz CT molecular complexity index is 460. The van der Waals surface area contributed by atoms with Crippen LogP contribution in [0.1, 0.15) is 13.3 Å². The third kappa shape index (κ3) is 5.11. The number of aliphatic carboxylic acids is 1. The quantitative estimate of drug-likeness (QED) is 0.252. The number of carbonyl (C=O) groups is 3. The summed E-state index contributed by atoms with van der Waals surface area (Å²) in [6.07, 6.45) is -6.00. The number of aliphatic hydroxyl groups excluding tert-OH is 3. The number of amides is 2. The van der Waals surface area contributed by atoms with E-state index in [1.807, 2.05) is 0 Å². The van der Waals surface area contributed by atoms with E-state index in [0.29, 0.717) is 0 Å². The van der Waals surface area contributed by atoms with E-state index in [4.69, 9.17) is 20.7 Å². The van der Waals surface area contributed by atoms with Gasteiger partial charge < -0.3 is 41.5 Å². The molecule has 0 bridgehead atoms. The van der Waals surface area contributed by atoms with E-state index >= 15 is 0 Å². The van der Waals surface area contributed by atoms with Crippen LogP contribution in [0.4, 0.5) is 0 Å². The van der Waals surface area contributed by atoms with Crippen molar-refractivity contribution in [3.8, 4) is 0 Å². The number of nitrogens with two attached hydrogens (primary N) is 1. The molecule has 0 aliphatic carbocycles. The molecule has 0 radical (unpaired) electrons. The van der Waals surface area contributed by atoms with Crippen molar-refractivity contribution in [1.29, 1.82) is 0 Å². The van der Waals surface area contributed by atoms with E-state index in [-0.39, 0.29) is 0 Å². The number of aliphatic hydroxyl groups is 3. The highest BCUT2D eigenvalue weighted by molar-refractivity contribution is 5.84. The van der Waals surface area contributed by atoms with Gasteiger partial charge in [0.1, 0.15) is 30.4 Å². The van der Waals surface area contributed by atoms with E-state index in [1.165, 1.54) is 0 Å². The van der Waals surface area contributed by atoms with Crippen LogP contribution in [0.15, 0.2) is 0 Å². The largest absolute Gasteiger partial charge is 0.480 e. The van der Waals surface area contributed by atoms with Crippen molar-refractivity contribution in [1.82, 2.24) is 10.6 Å². The molecule has 132 valence electrons. The number of hydrogen-bond acceptors (Lipinski definition) is 8. The van der Waals surface area contributed by atoms with Crippen LogP contribution in [-0.2, 0) is 19.1 Å². The molecule has 8 N–H and O–H groups in total. The molecule has 1 heterocycles. The maximum Gasteiger partial charge on any atom is 0.321 e. The average Bonchev–Trinajstić information content (AvgIpc) is 2.46. The lowest BCUT2D eigenvalue weighted by atomic mass is 9.95. The third-order valence-corrected chi connectivity index (χ3v) is 3.32. The van der Waals surface area contributed by atoms with E-state index in [1.54, 1.807) is 0 Å². The first kappa shape index (κ1) is 19.3. The minimum absolute atomic E-state index is 0.547. The Morgan fingerprint density at radius 2 is 1.83 bits per heavy atom. The smallest absolute Gasteiger partial charge is 0.321 e. The van der Waals surface area contributed by atoms with Gasteiger partial charge in [-0.25, -0.2) is 0 Å². The molecule has 0 aromatic heterocycles. The van der Waals surface area contributed by atoms with Crippen molar-refractivity contribution in [2.75, 3.05) is 6.61 Å². The van der Waals surface area contributed by atoms with Gasteiger partial charge in [-0.1, -0.05) is 0 Å². The van der Waals surface area contributed by atoms with Crippen molar-refractivity contribution in [2.24, 2.45) is 5.73 Å². The number of carboxylic acids is 1. The molecule has 2 amide bonds. The highest BCUT2D eigenvalue weighted by Gasteiger charge is 2.45. The zero-order chi connectivity index (χ0) is 17.7. The van der Waals surface area contributed by atoms with Crippen LogP contribution in [0.3, 0.4) is 0 Å². The highest BCUT2D eigenvalue weighted by atomic mass is 16.5. The molecule has 1 saturated heterocycles. The molecule has 1 aliphatic heterocycles. The van der Waals surface area contributed by atoms with E-state index in [0.717, 1.165) is 6.92 Å². The molecule has 6 atom stereocenters. The fraction of sp³-hybridized carbons (Fsp3) is 0.750. The summed E-state index contributed by atoms with van der Waals surface area (Å²) in [4.78, 5) is 33.6. The molecule has 0 unspecified atom stereocenters. The first-order valence-electron chi connectivity index (χ1n) is 6.84. The zero-order valence-electron chi connectivity index (χ0n) is 12.4. The fourth-order valence-corrected chi connectivity index (χ4v) is 2.14. The number of rotatable bonds is 6. The van der Waals surface area contributed by atoms with Gasteiger partial charge >= 0.3 is 5.97 Å². The average molecular weight is 335 g/mol. The number of hydrogen-bond donors (Lipinski definition) is 7. The van der Waals surface area contributed by atoms with Gasteiger partial charge in [-0.2, -0.15) is 0 Å². The lowest BCUT2D eigenvalue weighted by Gasteiger charge is -2.42. The molecule has 11 heteroatoms. The molecule has 1 fully saturated rings. The summed E-state index contributed by atoms with van der Waals surface area (Å²) in [5.41, 5.74) is 5.24. The molecule has 0 aromatic rings. The maximum absolute atomic E-state index is 11.8. The van der Waals surface area contributed by atoms with Crippen molar-refractivity contribution in [3.63, 3.8) is 0 Å². The van der Waals surface area contributed by atoms with Gasteiger partial charge in [0.2, 0.25) is 11.8 Å². The Labute approximate surface area is 131 Å². The standard InChI is InChI=1S/C12H21N3O8/c1-4(17)14-8-10(20)9(19)6(3-16)23-11(8)15-7(18)2-5(13)12(21)22/h5-6,8-11,16,19-20H,2-3,13H2,1H3,(H,14,17)(H,15,18)(H,21,22)/t5-,6+,8-,9-,10-,11+/m0/s1. The van der Waals surface area contributed by atoms with Gasteiger partial charge in [0.25, 0.3) is 0 Å². The van der Waals surface area contributed by atoms with Crippen molar-refractivity contribution < 1.29 is 39.5 Å². The van der Waals surface area contributed by atoms with Crippen LogP contribution in [0, 0.1) is 0 Å². The molecule has 1 aliphatic rings. The van der Waals surface area contributed by atoms with E-state index in [2.05, 4.69) is 10.6 Å². The second-order valence-corrected chi connectivity index (χ2v) is 5.20. The normalized spacial score (nSPS) is 32.0. The van der Waals surface area contributed by atoms with Gasteiger partial charge in [-0.05, 0) is 0 Å². The Hall–Kier alpha value is -1.79. The molecule has 0 saturated carbocycles. The first-order chi connectivity index (χ1) is 10.7. The molecule has 11 nitrogen and oxygen atoms in total. The predicted molar refractivity (Wildman–Crippen MR) is 73.7 cm³/mol. The minimum Gasteiger partial charge on any atom is -0.480 e. The summed E-state index contributed by atoms with van der Waals surface area (Å²) in [6.45, 7) is 0.530. The van der Waals surface area contributed by atoms with Crippen molar-refractivity contribution in [2.45, 2.75) is 50.0 Å². The monoisotopic (exact) mass is 335 g/mol. The van der Waals surface area contributed by atoms with Gasteiger partial charge in [0.15, 0.2) is 6.23 Å². The first-order valence-corrected chi connectivity index (χ1v) is 6.84. The summed E-state index contributed by atoms with van der Waals surface area (Å²) in [6, 6.07) is -2.61. The van der Waals surface area contributed by atoms with Crippen LogP contribution in [-0.4, -0.2) is 81.4 Å². The summed E-state index contributed by atoms with van der Waals surface area (Å²) in [5, 5.41) is 42.2. The Morgan fingerprint density at radius 3 is 2.30 bits per heavy atom. The molecular weight excluding hydrogens is 314 g/mol. The number of carboxylic acid groups (broad SMARTS) is 1. The van der Waals surface area contributed by atoms with E-state index in [9.17, 15) is 24.6 Å². The summed E-state index contributed by atoms with van der Waals surface area (Å²) < 4.78 is 5.25. The van der Waals surface area contributed by atoms with Gasteiger partial charge in [-0.3, -0.25) is 14.4 Å². The van der Waals surface area contributed by atoms with Gasteiger partial charge in [0, 0.05) is 6.92 Å². The second-order valence-electron chi connectivity index (χ2n) is 5.20. The maximum atomic E-state index is 11.8. The van der Waals surface area contributed by atoms with Crippen LogP contribution in [0.5, 0.6) is 0 Å². The summed E-state index contributed by atoms with van der Waals surface area (Å²) >= 11 is 0. The topological polar surface area (TPSA) is 191 Å². The van der Waals surface area contributed by atoms with Crippen molar-refractivity contribution in [3.05, 3.63) is 0 Å². The molecule has 0 spiro atoms. The van der Waals surface area contributed by atoms with Crippen LogP contribution in [0.25, 0.3) is 0 Å². The molecule has 0 aromatic carbocycles. The van der Waals surface area contributed by atoms with Crippen LogP contribution in [0.2, 0.25) is 0 Å². The van der Waals surface area contributed by atoms with Gasteiger partial charge in [-0.15, -0.1) is 0 Å². The lowest BCUT2D eigenvalue weighted by molar-refractivity contribution is -0.203. The minimum atomic E-state index is -1.51. The van der Waals surface area contributed by atoms with Crippen LogP contribution >= 0.6 is 0 Å². The number of carbonyl (C=O) groups excluding carboxylic acids is 2. The highest BCUT2D eigenvalue weighted by Crippen LogP contribution is 2.20. The SMILES string of the molecule is CC(=O)N[C@H]1[C@H](O)[C@@H](O)[C@@H](CO)O[C@H]1NC(=O)C[C@H](N)C(=O)O. The molecule has 23 heavy (non-hydrogen) atoms. The predicted octanol–water partition coefficient (Wildman–Crippen LogP) is -4.15. The second kappa shape index (κ2) is 8.17. The lowest BCUT2D eigenvalue weighted by Crippen LogP contribution is -2.68.